The quantitative estimate of drug-likeness (QED) is 0.451. The van der Waals surface area contributed by atoms with Crippen molar-refractivity contribution in [1.29, 1.82) is 0 Å². The molecule has 0 atom stereocenters. The number of nitro benzene ring substituents is 1. The lowest BCUT2D eigenvalue weighted by atomic mass is 10.1. The average molecular weight is 282 g/mol. The summed E-state index contributed by atoms with van der Waals surface area (Å²) in [7, 11) is 3.90. The molecule has 0 bridgehead atoms. The second-order valence-electron chi connectivity index (χ2n) is 3.88. The van der Waals surface area contributed by atoms with Crippen LogP contribution in [0.2, 0.25) is 0 Å². The topological polar surface area (TPSA) is 99.0 Å². The first-order valence-corrected chi connectivity index (χ1v) is 5.55. The first kappa shape index (κ1) is 15.4. The Balaban J connectivity index is 3.02. The van der Waals surface area contributed by atoms with E-state index in [-0.39, 0.29) is 23.5 Å². The predicted octanol–water partition coefficient (Wildman–Crippen LogP) is 0.848. The maximum absolute atomic E-state index is 12.0. The predicted molar refractivity (Wildman–Crippen MR) is 68.6 cm³/mol. The van der Waals surface area contributed by atoms with Gasteiger partial charge in [0.15, 0.2) is 5.75 Å². The summed E-state index contributed by atoms with van der Waals surface area (Å²) >= 11 is 0. The Hall–Kier alpha value is -2.64. The number of likely N-dealkylation sites (N-methyl/N-ethyl adjacent to an activating group) is 1. The van der Waals surface area contributed by atoms with Gasteiger partial charge in [-0.1, -0.05) is 0 Å². The van der Waals surface area contributed by atoms with Gasteiger partial charge in [-0.3, -0.25) is 19.7 Å². The Morgan fingerprint density at radius 3 is 2.50 bits per heavy atom. The Bertz CT molecular complexity index is 543. The lowest BCUT2D eigenvalue weighted by Crippen LogP contribution is -2.32. The van der Waals surface area contributed by atoms with Crippen molar-refractivity contribution in [2.24, 2.45) is 0 Å². The molecule has 0 heterocycles. The van der Waals surface area contributed by atoms with E-state index in [1.807, 2.05) is 0 Å². The molecule has 0 unspecified atom stereocenters. The van der Waals surface area contributed by atoms with Crippen LogP contribution in [0.4, 0.5) is 5.69 Å². The fourth-order valence-electron chi connectivity index (χ4n) is 1.52. The number of rotatable bonds is 5. The van der Waals surface area contributed by atoms with E-state index in [1.54, 1.807) is 0 Å². The van der Waals surface area contributed by atoms with E-state index in [9.17, 15) is 19.7 Å². The highest BCUT2D eigenvalue weighted by atomic mass is 16.6. The lowest BCUT2D eigenvalue weighted by molar-refractivity contribution is -0.385. The van der Waals surface area contributed by atoms with E-state index >= 15 is 0 Å². The van der Waals surface area contributed by atoms with E-state index in [1.165, 1.54) is 33.4 Å². The average Bonchev–Trinajstić information content (AvgIpc) is 2.45. The Kier molecular flexibility index (Phi) is 5.01. The Morgan fingerprint density at radius 2 is 2.00 bits per heavy atom. The summed E-state index contributed by atoms with van der Waals surface area (Å²) < 4.78 is 9.29. The van der Waals surface area contributed by atoms with Crippen molar-refractivity contribution in [2.45, 2.75) is 0 Å². The SMILES string of the molecule is COC(=O)CN(C)C(=O)c1ccc(OC)c([N+](=O)[O-])c1. The van der Waals surface area contributed by atoms with Gasteiger partial charge in [-0.05, 0) is 12.1 Å². The normalized spacial score (nSPS) is 9.75. The maximum Gasteiger partial charge on any atom is 0.325 e. The summed E-state index contributed by atoms with van der Waals surface area (Å²) in [5.74, 6) is -1.05. The standard InChI is InChI=1S/C12H14N2O6/c1-13(7-11(15)20-3)12(16)8-4-5-10(19-2)9(6-8)14(17)18/h4-6H,7H2,1-3H3. The Labute approximate surface area is 115 Å². The highest BCUT2D eigenvalue weighted by Gasteiger charge is 2.21. The number of nitrogens with zero attached hydrogens (tertiary/aromatic N) is 2. The number of hydrogen-bond donors (Lipinski definition) is 0. The second kappa shape index (κ2) is 6.50. The van der Waals surface area contributed by atoms with Crippen LogP contribution >= 0.6 is 0 Å². The van der Waals surface area contributed by atoms with Crippen LogP contribution in [0.5, 0.6) is 5.75 Å². The lowest BCUT2D eigenvalue weighted by Gasteiger charge is -2.15. The molecule has 0 aromatic heterocycles. The van der Waals surface area contributed by atoms with Gasteiger partial charge in [-0.15, -0.1) is 0 Å². The van der Waals surface area contributed by atoms with Gasteiger partial charge in [0.25, 0.3) is 5.91 Å². The number of hydrogen-bond acceptors (Lipinski definition) is 6. The van der Waals surface area contributed by atoms with Crippen LogP contribution in [0, 0.1) is 10.1 Å². The molecule has 0 aliphatic rings. The van der Waals surface area contributed by atoms with Gasteiger partial charge in [0.05, 0.1) is 19.1 Å². The van der Waals surface area contributed by atoms with E-state index in [0.29, 0.717) is 0 Å². The van der Waals surface area contributed by atoms with Crippen LogP contribution in [0.3, 0.4) is 0 Å². The highest BCUT2D eigenvalue weighted by Crippen LogP contribution is 2.27. The number of amides is 1. The second-order valence-corrected chi connectivity index (χ2v) is 3.88. The molecule has 1 aromatic rings. The van der Waals surface area contributed by atoms with Crippen LogP contribution in [0.15, 0.2) is 18.2 Å². The molecule has 0 saturated carbocycles. The third-order valence-corrected chi connectivity index (χ3v) is 2.56. The smallest absolute Gasteiger partial charge is 0.325 e. The zero-order valence-electron chi connectivity index (χ0n) is 11.3. The van der Waals surface area contributed by atoms with Gasteiger partial charge in [-0.2, -0.15) is 0 Å². The molecule has 108 valence electrons. The van der Waals surface area contributed by atoms with Crippen LogP contribution < -0.4 is 4.74 Å². The van der Waals surface area contributed by atoms with Crippen LogP contribution in [0.1, 0.15) is 10.4 Å². The molecular weight excluding hydrogens is 268 g/mol. The first-order chi connectivity index (χ1) is 9.40. The van der Waals surface area contributed by atoms with Crippen molar-refractivity contribution in [2.75, 3.05) is 27.8 Å². The number of carbonyl (C=O) groups is 2. The van der Waals surface area contributed by atoms with Crippen molar-refractivity contribution in [3.8, 4) is 5.75 Å². The first-order valence-electron chi connectivity index (χ1n) is 5.55. The van der Waals surface area contributed by atoms with Crippen molar-refractivity contribution in [3.05, 3.63) is 33.9 Å². The summed E-state index contributed by atoms with van der Waals surface area (Å²) in [5, 5.41) is 10.9. The van der Waals surface area contributed by atoms with Crippen LogP contribution in [-0.4, -0.2) is 49.5 Å². The van der Waals surface area contributed by atoms with Gasteiger partial charge in [0.1, 0.15) is 6.54 Å². The van der Waals surface area contributed by atoms with Crippen molar-refractivity contribution in [3.63, 3.8) is 0 Å². The van der Waals surface area contributed by atoms with Crippen LogP contribution in [0.25, 0.3) is 0 Å². The molecule has 0 spiro atoms. The number of ether oxygens (including phenoxy) is 2. The van der Waals surface area contributed by atoms with Crippen molar-refractivity contribution >= 4 is 17.6 Å². The number of methoxy groups -OCH3 is 2. The van der Waals surface area contributed by atoms with Crippen molar-refractivity contribution in [1.82, 2.24) is 4.90 Å². The minimum atomic E-state index is -0.643. The molecule has 0 fully saturated rings. The molecule has 8 heteroatoms. The molecular formula is C12H14N2O6. The zero-order chi connectivity index (χ0) is 15.3. The van der Waals surface area contributed by atoms with Gasteiger partial charge >= 0.3 is 11.7 Å². The minimum Gasteiger partial charge on any atom is -0.490 e. The molecule has 0 saturated heterocycles. The molecule has 1 amide bonds. The summed E-state index contributed by atoms with van der Waals surface area (Å²) in [5.41, 5.74) is -0.228. The summed E-state index contributed by atoms with van der Waals surface area (Å²) in [4.78, 5) is 34.5. The van der Waals surface area contributed by atoms with E-state index < -0.39 is 16.8 Å². The van der Waals surface area contributed by atoms with Gasteiger partial charge in [-0.25, -0.2) is 0 Å². The monoisotopic (exact) mass is 282 g/mol. The third kappa shape index (κ3) is 3.44. The number of benzene rings is 1. The minimum absolute atomic E-state index is 0.0576. The maximum atomic E-state index is 12.0. The Morgan fingerprint density at radius 1 is 1.35 bits per heavy atom. The molecule has 0 aliphatic carbocycles. The molecule has 0 radical (unpaired) electrons. The molecule has 20 heavy (non-hydrogen) atoms. The number of carbonyl (C=O) groups excluding carboxylic acids is 2. The number of esters is 1. The van der Waals surface area contributed by atoms with Crippen molar-refractivity contribution < 1.29 is 24.0 Å². The van der Waals surface area contributed by atoms with Crippen LogP contribution in [-0.2, 0) is 9.53 Å². The molecule has 1 rings (SSSR count). The molecule has 1 aromatic carbocycles. The molecule has 0 N–H and O–H groups in total. The molecule has 0 aliphatic heterocycles. The number of nitro groups is 1. The molecule has 8 nitrogen and oxygen atoms in total. The largest absolute Gasteiger partial charge is 0.490 e. The van der Waals surface area contributed by atoms with E-state index in [0.717, 1.165) is 11.0 Å². The van der Waals surface area contributed by atoms with Gasteiger partial charge in [0, 0.05) is 18.7 Å². The zero-order valence-corrected chi connectivity index (χ0v) is 11.3. The van der Waals surface area contributed by atoms with Gasteiger partial charge < -0.3 is 14.4 Å². The van der Waals surface area contributed by atoms with E-state index in [2.05, 4.69) is 4.74 Å². The fraction of sp³-hybridized carbons (Fsp3) is 0.333. The summed E-state index contributed by atoms with van der Waals surface area (Å²) in [6.07, 6.45) is 0. The van der Waals surface area contributed by atoms with Gasteiger partial charge in [0.2, 0.25) is 0 Å². The fourth-order valence-corrected chi connectivity index (χ4v) is 1.52. The summed E-state index contributed by atoms with van der Waals surface area (Å²) in [6.45, 7) is -0.241. The third-order valence-electron chi connectivity index (χ3n) is 2.56. The summed E-state index contributed by atoms with van der Waals surface area (Å²) in [6, 6.07) is 3.83. The highest BCUT2D eigenvalue weighted by molar-refractivity contribution is 5.96. The van der Waals surface area contributed by atoms with E-state index in [4.69, 9.17) is 4.74 Å².